The summed E-state index contributed by atoms with van der Waals surface area (Å²) in [4.78, 5) is 15.0. The number of amides is 1. The number of carbonyl (C=O) groups is 1. The number of rotatable bonds is 7. The number of anilines is 1. The Morgan fingerprint density at radius 1 is 1.04 bits per heavy atom. The summed E-state index contributed by atoms with van der Waals surface area (Å²) in [6.45, 7) is 4.07. The number of ether oxygens (including phenoxy) is 2. The Bertz CT molecular complexity index is 559. The SMILES string of the molecule is COC1(C(=O)Nc2ccc(OCCN3CCCCCC3)cc2)CCCC1. The van der Waals surface area contributed by atoms with Crippen molar-refractivity contribution in [1.29, 1.82) is 0 Å². The molecule has 1 N–H and O–H groups in total. The molecule has 2 fully saturated rings. The van der Waals surface area contributed by atoms with Gasteiger partial charge < -0.3 is 14.8 Å². The van der Waals surface area contributed by atoms with Crippen LogP contribution in [0.25, 0.3) is 0 Å². The van der Waals surface area contributed by atoms with Crippen molar-refractivity contribution in [3.63, 3.8) is 0 Å². The van der Waals surface area contributed by atoms with Crippen LogP contribution in [0, 0.1) is 0 Å². The molecule has 26 heavy (non-hydrogen) atoms. The lowest BCUT2D eigenvalue weighted by Crippen LogP contribution is -2.42. The Balaban J connectivity index is 1.45. The first-order chi connectivity index (χ1) is 12.7. The topological polar surface area (TPSA) is 50.8 Å². The molecule has 0 spiro atoms. The molecule has 5 nitrogen and oxygen atoms in total. The summed E-state index contributed by atoms with van der Waals surface area (Å²) in [6, 6.07) is 7.65. The van der Waals surface area contributed by atoms with Crippen molar-refractivity contribution in [2.75, 3.05) is 38.7 Å². The van der Waals surface area contributed by atoms with Gasteiger partial charge in [-0.3, -0.25) is 9.69 Å². The Kier molecular flexibility index (Phi) is 6.92. The maximum Gasteiger partial charge on any atom is 0.256 e. The molecule has 1 saturated heterocycles. The van der Waals surface area contributed by atoms with Gasteiger partial charge in [-0.2, -0.15) is 0 Å². The molecule has 0 radical (unpaired) electrons. The first kappa shape index (κ1) is 19.2. The summed E-state index contributed by atoms with van der Waals surface area (Å²) < 4.78 is 11.4. The van der Waals surface area contributed by atoms with Gasteiger partial charge in [-0.15, -0.1) is 0 Å². The molecule has 144 valence electrons. The molecule has 1 aromatic carbocycles. The van der Waals surface area contributed by atoms with Crippen LogP contribution < -0.4 is 10.1 Å². The van der Waals surface area contributed by atoms with E-state index in [-0.39, 0.29) is 5.91 Å². The standard InChI is InChI=1S/C21H32N2O3/c1-25-21(12-4-5-13-21)20(24)22-18-8-10-19(11-9-18)26-17-16-23-14-6-2-3-7-15-23/h8-11H,2-7,12-17H2,1H3,(H,22,24). The predicted molar refractivity (Wildman–Crippen MR) is 104 cm³/mol. The van der Waals surface area contributed by atoms with E-state index in [0.717, 1.165) is 43.7 Å². The summed E-state index contributed by atoms with van der Waals surface area (Å²) in [5.74, 6) is 0.812. The molecular formula is C21H32N2O3. The molecule has 1 amide bonds. The normalized spacial score (nSPS) is 20.5. The van der Waals surface area contributed by atoms with E-state index in [1.165, 1.54) is 38.8 Å². The molecule has 0 unspecified atom stereocenters. The molecule has 1 aromatic rings. The molecule has 5 heteroatoms. The van der Waals surface area contributed by atoms with E-state index < -0.39 is 5.60 Å². The van der Waals surface area contributed by atoms with Gasteiger partial charge in [-0.25, -0.2) is 0 Å². The van der Waals surface area contributed by atoms with Crippen molar-refractivity contribution in [2.24, 2.45) is 0 Å². The quantitative estimate of drug-likeness (QED) is 0.803. The summed E-state index contributed by atoms with van der Waals surface area (Å²) in [5, 5.41) is 2.99. The Morgan fingerprint density at radius 2 is 1.69 bits per heavy atom. The van der Waals surface area contributed by atoms with E-state index in [2.05, 4.69) is 10.2 Å². The number of carbonyl (C=O) groups excluding carboxylic acids is 1. The highest BCUT2D eigenvalue weighted by Gasteiger charge is 2.41. The molecule has 0 bridgehead atoms. The number of nitrogens with zero attached hydrogens (tertiary/aromatic N) is 1. The molecule has 1 aliphatic heterocycles. The summed E-state index contributed by atoms with van der Waals surface area (Å²) in [6.07, 6.45) is 9.01. The third-order valence-electron chi connectivity index (χ3n) is 5.70. The smallest absolute Gasteiger partial charge is 0.256 e. The van der Waals surface area contributed by atoms with E-state index in [4.69, 9.17) is 9.47 Å². The lowest BCUT2D eigenvalue weighted by atomic mass is 10.0. The van der Waals surface area contributed by atoms with E-state index in [1.54, 1.807) is 7.11 Å². The van der Waals surface area contributed by atoms with Crippen molar-refractivity contribution in [1.82, 2.24) is 4.90 Å². The highest BCUT2D eigenvalue weighted by Crippen LogP contribution is 2.33. The maximum atomic E-state index is 12.6. The van der Waals surface area contributed by atoms with E-state index in [9.17, 15) is 4.79 Å². The van der Waals surface area contributed by atoms with Crippen molar-refractivity contribution in [3.8, 4) is 5.75 Å². The van der Waals surface area contributed by atoms with Crippen LogP contribution in [0.3, 0.4) is 0 Å². The van der Waals surface area contributed by atoms with Gasteiger partial charge in [-0.05, 0) is 75.9 Å². The molecular weight excluding hydrogens is 328 g/mol. The van der Waals surface area contributed by atoms with Crippen molar-refractivity contribution in [3.05, 3.63) is 24.3 Å². The predicted octanol–water partition coefficient (Wildman–Crippen LogP) is 3.84. The largest absolute Gasteiger partial charge is 0.492 e. The first-order valence-corrected chi connectivity index (χ1v) is 10.0. The van der Waals surface area contributed by atoms with E-state index >= 15 is 0 Å². The third-order valence-corrected chi connectivity index (χ3v) is 5.70. The van der Waals surface area contributed by atoms with Crippen molar-refractivity contribution in [2.45, 2.75) is 57.0 Å². The lowest BCUT2D eigenvalue weighted by molar-refractivity contribution is -0.136. The summed E-state index contributed by atoms with van der Waals surface area (Å²) >= 11 is 0. The van der Waals surface area contributed by atoms with Gasteiger partial charge in [0.25, 0.3) is 5.91 Å². The fourth-order valence-corrected chi connectivity index (χ4v) is 4.00. The zero-order valence-corrected chi connectivity index (χ0v) is 16.0. The Labute approximate surface area is 157 Å². The van der Waals surface area contributed by atoms with Crippen LogP contribution >= 0.6 is 0 Å². The minimum Gasteiger partial charge on any atom is -0.492 e. The van der Waals surface area contributed by atoms with E-state index in [0.29, 0.717) is 6.61 Å². The van der Waals surface area contributed by atoms with Crippen LogP contribution in [-0.4, -0.2) is 49.8 Å². The van der Waals surface area contributed by atoms with Crippen LogP contribution in [0.1, 0.15) is 51.4 Å². The monoisotopic (exact) mass is 360 g/mol. The molecule has 1 saturated carbocycles. The number of likely N-dealkylation sites (tertiary alicyclic amines) is 1. The highest BCUT2D eigenvalue weighted by atomic mass is 16.5. The third kappa shape index (κ3) is 4.98. The van der Waals surface area contributed by atoms with Crippen LogP contribution in [-0.2, 0) is 9.53 Å². The summed E-state index contributed by atoms with van der Waals surface area (Å²) in [7, 11) is 1.63. The molecule has 0 atom stereocenters. The number of benzene rings is 1. The van der Waals surface area contributed by atoms with E-state index in [1.807, 2.05) is 24.3 Å². The first-order valence-electron chi connectivity index (χ1n) is 10.0. The van der Waals surface area contributed by atoms with Gasteiger partial charge in [0, 0.05) is 19.3 Å². The second-order valence-corrected chi connectivity index (χ2v) is 7.49. The average molecular weight is 360 g/mol. The molecule has 2 aliphatic rings. The van der Waals surface area contributed by atoms with Crippen molar-refractivity contribution >= 4 is 11.6 Å². The zero-order chi connectivity index (χ0) is 18.2. The fourth-order valence-electron chi connectivity index (χ4n) is 4.00. The van der Waals surface area contributed by atoms with Crippen LogP contribution in [0.5, 0.6) is 5.75 Å². The Morgan fingerprint density at radius 3 is 2.31 bits per heavy atom. The number of hydrogen-bond acceptors (Lipinski definition) is 4. The zero-order valence-electron chi connectivity index (χ0n) is 16.0. The number of methoxy groups -OCH3 is 1. The fraction of sp³-hybridized carbons (Fsp3) is 0.667. The minimum absolute atomic E-state index is 0.0349. The maximum absolute atomic E-state index is 12.6. The second-order valence-electron chi connectivity index (χ2n) is 7.49. The van der Waals surface area contributed by atoms with Crippen LogP contribution in [0.15, 0.2) is 24.3 Å². The number of nitrogens with one attached hydrogen (secondary N) is 1. The van der Waals surface area contributed by atoms with Gasteiger partial charge in [-0.1, -0.05) is 12.8 Å². The lowest BCUT2D eigenvalue weighted by Gasteiger charge is -2.26. The van der Waals surface area contributed by atoms with Gasteiger partial charge in [0.15, 0.2) is 0 Å². The van der Waals surface area contributed by atoms with Gasteiger partial charge in [0.05, 0.1) is 0 Å². The Hall–Kier alpha value is -1.59. The van der Waals surface area contributed by atoms with Crippen LogP contribution in [0.4, 0.5) is 5.69 Å². The minimum atomic E-state index is -0.650. The second kappa shape index (κ2) is 9.38. The van der Waals surface area contributed by atoms with Gasteiger partial charge in [0.2, 0.25) is 0 Å². The highest BCUT2D eigenvalue weighted by molar-refractivity contribution is 5.97. The molecule has 0 aromatic heterocycles. The summed E-state index contributed by atoms with van der Waals surface area (Å²) in [5.41, 5.74) is 0.140. The molecule has 3 rings (SSSR count). The van der Waals surface area contributed by atoms with Crippen molar-refractivity contribution < 1.29 is 14.3 Å². The van der Waals surface area contributed by atoms with Gasteiger partial charge >= 0.3 is 0 Å². The average Bonchev–Trinajstić information content (AvgIpc) is 3.02. The van der Waals surface area contributed by atoms with Crippen LogP contribution in [0.2, 0.25) is 0 Å². The number of hydrogen-bond donors (Lipinski definition) is 1. The molecule has 1 aliphatic carbocycles. The molecule has 1 heterocycles. The van der Waals surface area contributed by atoms with Gasteiger partial charge in [0.1, 0.15) is 18.0 Å².